The van der Waals surface area contributed by atoms with Crippen LogP contribution in [0.2, 0.25) is 0 Å². The molecule has 10 nitrogen and oxygen atoms in total. The first-order valence-electron chi connectivity index (χ1n) is 12.1. The SMILES string of the molecule is CC(C)C(C)(c1ccc(-c2cnc(N)nc2)cc1)c1noc(-c2cnc(N3CCN(C)CC3)cn2)n1. The van der Waals surface area contributed by atoms with Gasteiger partial charge in [0.1, 0.15) is 11.5 Å². The fourth-order valence-corrected chi connectivity index (χ4v) is 4.39. The van der Waals surface area contributed by atoms with Crippen molar-refractivity contribution in [3.05, 3.63) is 60.4 Å². The predicted octanol–water partition coefficient (Wildman–Crippen LogP) is 3.28. The van der Waals surface area contributed by atoms with Gasteiger partial charge in [0, 0.05) is 44.1 Å². The Morgan fingerprint density at radius 1 is 0.889 bits per heavy atom. The molecule has 3 aromatic heterocycles. The number of hydrogen-bond acceptors (Lipinski definition) is 10. The second-order valence-corrected chi connectivity index (χ2v) is 9.74. The van der Waals surface area contributed by atoms with E-state index in [0.717, 1.165) is 48.7 Å². The molecular weight excluding hydrogens is 454 g/mol. The molecule has 0 bridgehead atoms. The van der Waals surface area contributed by atoms with E-state index in [4.69, 9.17) is 15.2 Å². The highest BCUT2D eigenvalue weighted by Gasteiger charge is 2.37. The van der Waals surface area contributed by atoms with E-state index in [0.29, 0.717) is 17.4 Å². The fraction of sp³-hybridized carbons (Fsp3) is 0.385. The summed E-state index contributed by atoms with van der Waals surface area (Å²) in [5.74, 6) is 2.31. The topological polar surface area (TPSA) is 123 Å². The zero-order chi connectivity index (χ0) is 25.3. The van der Waals surface area contributed by atoms with Crippen LogP contribution in [0.15, 0.2) is 53.6 Å². The molecule has 1 atom stereocenters. The molecule has 1 aliphatic heterocycles. The van der Waals surface area contributed by atoms with E-state index in [2.05, 4.69) is 74.8 Å². The van der Waals surface area contributed by atoms with Gasteiger partial charge in [0.05, 0.1) is 17.8 Å². The van der Waals surface area contributed by atoms with Gasteiger partial charge in [-0.3, -0.25) is 0 Å². The Kier molecular flexibility index (Phi) is 6.36. The van der Waals surface area contributed by atoms with Gasteiger partial charge in [-0.15, -0.1) is 0 Å². The van der Waals surface area contributed by atoms with Crippen LogP contribution in [0.1, 0.15) is 32.2 Å². The van der Waals surface area contributed by atoms with Crippen molar-refractivity contribution >= 4 is 11.8 Å². The molecule has 1 fully saturated rings. The van der Waals surface area contributed by atoms with Crippen LogP contribution < -0.4 is 10.6 Å². The standard InChI is InChI=1S/C26H31N9O/c1-17(2)26(3,20-7-5-18(6-8-20)19-13-30-25(27)31-14-19)24-32-23(36-33-24)21-15-29-22(16-28-21)35-11-9-34(4)10-12-35/h5-8,13-17H,9-12H2,1-4H3,(H2,27,30,31). The van der Waals surface area contributed by atoms with Crippen molar-refractivity contribution in [2.45, 2.75) is 26.2 Å². The van der Waals surface area contributed by atoms with Crippen LogP contribution in [0.3, 0.4) is 0 Å². The third-order valence-electron chi connectivity index (χ3n) is 7.22. The van der Waals surface area contributed by atoms with Crippen LogP contribution in [0, 0.1) is 5.92 Å². The van der Waals surface area contributed by atoms with Gasteiger partial charge in [-0.1, -0.05) is 43.3 Å². The number of rotatable bonds is 6. The van der Waals surface area contributed by atoms with Crippen LogP contribution in [0.4, 0.5) is 11.8 Å². The first-order valence-corrected chi connectivity index (χ1v) is 12.1. The molecule has 0 spiro atoms. The van der Waals surface area contributed by atoms with Gasteiger partial charge >= 0.3 is 0 Å². The highest BCUT2D eigenvalue weighted by atomic mass is 16.5. The number of nitrogen functional groups attached to an aromatic ring is 1. The molecule has 186 valence electrons. The van der Waals surface area contributed by atoms with Gasteiger partial charge in [-0.2, -0.15) is 4.98 Å². The first-order chi connectivity index (χ1) is 17.3. The molecule has 1 aliphatic rings. The summed E-state index contributed by atoms with van der Waals surface area (Å²) in [7, 11) is 2.13. The van der Waals surface area contributed by atoms with Gasteiger partial charge in [0.25, 0.3) is 5.89 Å². The highest BCUT2D eigenvalue weighted by molar-refractivity contribution is 5.62. The summed E-state index contributed by atoms with van der Waals surface area (Å²) in [6.07, 6.45) is 6.94. The van der Waals surface area contributed by atoms with Crippen LogP contribution in [0.25, 0.3) is 22.7 Å². The van der Waals surface area contributed by atoms with Crippen LogP contribution >= 0.6 is 0 Å². The van der Waals surface area contributed by atoms with Gasteiger partial charge < -0.3 is 20.1 Å². The maximum Gasteiger partial charge on any atom is 0.278 e. The summed E-state index contributed by atoms with van der Waals surface area (Å²) in [5.41, 5.74) is 8.71. The summed E-state index contributed by atoms with van der Waals surface area (Å²) in [5, 5.41) is 4.37. The molecule has 10 heteroatoms. The van der Waals surface area contributed by atoms with E-state index in [1.165, 1.54) is 0 Å². The third kappa shape index (κ3) is 4.51. The normalized spacial score (nSPS) is 16.3. The lowest BCUT2D eigenvalue weighted by Crippen LogP contribution is -2.44. The van der Waals surface area contributed by atoms with E-state index in [9.17, 15) is 0 Å². The molecule has 1 unspecified atom stereocenters. The first kappa shape index (κ1) is 23.8. The average Bonchev–Trinajstić information content (AvgIpc) is 3.40. The summed E-state index contributed by atoms with van der Waals surface area (Å²) in [6.45, 7) is 10.3. The van der Waals surface area contributed by atoms with Gasteiger partial charge in [0.2, 0.25) is 5.95 Å². The maximum absolute atomic E-state index is 5.66. The molecule has 0 amide bonds. The van der Waals surface area contributed by atoms with Crippen LogP contribution in [-0.4, -0.2) is 68.2 Å². The van der Waals surface area contributed by atoms with Gasteiger partial charge in [-0.05, 0) is 31.0 Å². The van der Waals surface area contributed by atoms with Crippen molar-refractivity contribution in [2.24, 2.45) is 5.92 Å². The Balaban J connectivity index is 1.38. The van der Waals surface area contributed by atoms with Gasteiger partial charge in [-0.25, -0.2) is 19.9 Å². The lowest BCUT2D eigenvalue weighted by atomic mass is 9.72. The Bertz CT molecular complexity index is 1290. The third-order valence-corrected chi connectivity index (χ3v) is 7.22. The second-order valence-electron chi connectivity index (χ2n) is 9.74. The van der Waals surface area contributed by atoms with Crippen molar-refractivity contribution in [3.63, 3.8) is 0 Å². The number of nitrogens with zero attached hydrogens (tertiary/aromatic N) is 8. The van der Waals surface area contributed by atoms with Crippen LogP contribution in [0.5, 0.6) is 0 Å². The monoisotopic (exact) mass is 485 g/mol. The minimum Gasteiger partial charge on any atom is -0.368 e. The van der Waals surface area contributed by atoms with Crippen molar-refractivity contribution in [1.82, 2.24) is 35.0 Å². The van der Waals surface area contributed by atoms with E-state index >= 15 is 0 Å². The summed E-state index contributed by atoms with van der Waals surface area (Å²) in [6, 6.07) is 8.28. The highest BCUT2D eigenvalue weighted by Crippen LogP contribution is 2.38. The summed E-state index contributed by atoms with van der Waals surface area (Å²) >= 11 is 0. The molecule has 0 aliphatic carbocycles. The average molecular weight is 486 g/mol. The molecule has 4 heterocycles. The smallest absolute Gasteiger partial charge is 0.278 e. The zero-order valence-corrected chi connectivity index (χ0v) is 21.1. The molecular formula is C26H31N9O. The molecule has 0 saturated carbocycles. The lowest BCUT2D eigenvalue weighted by Gasteiger charge is -2.32. The second kappa shape index (κ2) is 9.62. The lowest BCUT2D eigenvalue weighted by molar-refractivity contribution is 0.312. The Hall–Kier alpha value is -3.92. The van der Waals surface area contributed by atoms with Crippen LogP contribution in [-0.2, 0) is 5.41 Å². The molecule has 36 heavy (non-hydrogen) atoms. The Morgan fingerprint density at radius 2 is 1.58 bits per heavy atom. The summed E-state index contributed by atoms with van der Waals surface area (Å²) < 4.78 is 5.66. The number of likely N-dealkylation sites (N-methyl/N-ethyl adjacent to an activating group) is 1. The minimum atomic E-state index is -0.467. The molecule has 2 N–H and O–H groups in total. The Morgan fingerprint density at radius 3 is 2.19 bits per heavy atom. The quantitative estimate of drug-likeness (QED) is 0.435. The van der Waals surface area contributed by atoms with E-state index in [1.54, 1.807) is 24.8 Å². The van der Waals surface area contributed by atoms with Crippen molar-refractivity contribution in [1.29, 1.82) is 0 Å². The number of aromatic nitrogens is 6. The van der Waals surface area contributed by atoms with Crippen molar-refractivity contribution < 1.29 is 4.52 Å². The van der Waals surface area contributed by atoms with E-state index in [-0.39, 0.29) is 11.9 Å². The number of anilines is 2. The number of hydrogen-bond donors (Lipinski definition) is 1. The zero-order valence-electron chi connectivity index (χ0n) is 21.1. The molecule has 1 saturated heterocycles. The van der Waals surface area contributed by atoms with E-state index in [1.807, 2.05) is 12.1 Å². The molecule has 4 aromatic rings. The van der Waals surface area contributed by atoms with Gasteiger partial charge in [0.15, 0.2) is 5.82 Å². The minimum absolute atomic E-state index is 0.208. The predicted molar refractivity (Wildman–Crippen MR) is 138 cm³/mol. The van der Waals surface area contributed by atoms with Crippen molar-refractivity contribution in [3.8, 4) is 22.7 Å². The Labute approximate surface area is 210 Å². The number of piperazine rings is 1. The maximum atomic E-state index is 5.66. The summed E-state index contributed by atoms with van der Waals surface area (Å²) in [4.78, 5) is 26.7. The number of benzene rings is 1. The molecule has 5 rings (SSSR count). The van der Waals surface area contributed by atoms with Crippen molar-refractivity contribution in [2.75, 3.05) is 43.9 Å². The number of nitrogens with two attached hydrogens (primary N) is 1. The largest absolute Gasteiger partial charge is 0.368 e. The molecule has 0 radical (unpaired) electrons. The fourth-order valence-electron chi connectivity index (χ4n) is 4.39. The van der Waals surface area contributed by atoms with E-state index < -0.39 is 5.41 Å². The molecule has 1 aromatic carbocycles.